The first kappa shape index (κ1) is 35.7. The summed E-state index contributed by atoms with van der Waals surface area (Å²) in [6.45, 7) is 1.76. The van der Waals surface area contributed by atoms with E-state index in [1.165, 1.54) is 6.07 Å². The van der Waals surface area contributed by atoms with Gasteiger partial charge in [0.15, 0.2) is 0 Å². The van der Waals surface area contributed by atoms with Gasteiger partial charge in [-0.3, -0.25) is 13.7 Å². The Balaban J connectivity index is 0.00000216. The van der Waals surface area contributed by atoms with E-state index in [4.69, 9.17) is 12.9 Å². The summed E-state index contributed by atoms with van der Waals surface area (Å²) in [4.78, 5) is 0. The van der Waals surface area contributed by atoms with Crippen molar-refractivity contribution >= 4 is 120 Å². The van der Waals surface area contributed by atoms with Crippen molar-refractivity contribution in [2.75, 3.05) is 0 Å². The molecule has 3 N–H and O–H groups in total. The fourth-order valence-corrected chi connectivity index (χ4v) is 7.67. The van der Waals surface area contributed by atoms with Gasteiger partial charge >= 0.3 is 31.2 Å². The molecule has 2 fully saturated rings. The molecule has 1 aromatic rings. The van der Waals surface area contributed by atoms with Gasteiger partial charge in [0.2, 0.25) is 0 Å². The monoisotopic (exact) mass is 597 g/mol. The molecule has 1 aromatic carbocycles. The van der Waals surface area contributed by atoms with Gasteiger partial charge in [-0.05, 0) is 73.1 Å². The van der Waals surface area contributed by atoms with Crippen LogP contribution in [0.1, 0.15) is 49.7 Å². The topological polar surface area (TPSA) is 191 Å². The van der Waals surface area contributed by atoms with Crippen LogP contribution >= 0.6 is 0 Å². The predicted octanol–water partition coefficient (Wildman–Crippen LogP) is 0.568. The number of aryl methyl sites for hydroxylation is 1. The minimum atomic E-state index is -4.92. The third-order valence-electron chi connectivity index (χ3n) is 7.28. The normalized spacial score (nSPS) is 31.4. The Labute approximate surface area is 277 Å². The molecular weight excluding hydrogens is 573 g/mol. The quantitative estimate of drug-likeness (QED) is 0.306. The van der Waals surface area contributed by atoms with Crippen molar-refractivity contribution in [3.8, 4) is 5.75 Å². The average molecular weight is 598 g/mol. The molecule has 18 heteroatoms. The predicted molar refractivity (Wildman–Crippen MR) is 129 cm³/mol. The van der Waals surface area contributed by atoms with Gasteiger partial charge in [0, 0.05) is 94.1 Å². The second kappa shape index (κ2) is 12.7. The maximum absolute atomic E-state index is 11.5. The van der Waals surface area contributed by atoms with Gasteiger partial charge in [-0.1, -0.05) is 13.0 Å². The fraction of sp³-hybridized carbons (Fsp3) is 0.667. The van der Waals surface area contributed by atoms with Crippen LogP contribution < -0.4 is 4.18 Å². The Kier molecular flexibility index (Phi) is 12.6. The molecule has 0 amide bonds. The number of hydrogen-bond donors (Lipinski definition) is 3. The van der Waals surface area contributed by atoms with Crippen LogP contribution in [0.5, 0.6) is 5.75 Å². The van der Waals surface area contributed by atoms with E-state index in [1.807, 2.05) is 0 Å². The molecule has 6 atom stereocenters. The van der Waals surface area contributed by atoms with Crippen molar-refractivity contribution in [2.24, 2.45) is 17.3 Å². The van der Waals surface area contributed by atoms with Gasteiger partial charge in [-0.2, -0.15) is 25.3 Å². The largest absolute Gasteiger partial charge is 0.446 e. The maximum Gasteiger partial charge on any atom is 0.446 e. The molecule has 0 aromatic heterocycles. The van der Waals surface area contributed by atoms with E-state index in [-0.39, 0.29) is 119 Å². The number of hydrogen-bond acceptors (Lipinski definition) is 9. The van der Waals surface area contributed by atoms with E-state index in [0.717, 1.165) is 11.1 Å². The van der Waals surface area contributed by atoms with Crippen LogP contribution in [0.15, 0.2) is 18.2 Å². The molecule has 189 valence electrons. The van der Waals surface area contributed by atoms with E-state index >= 15 is 0 Å². The van der Waals surface area contributed by atoms with Crippen molar-refractivity contribution < 1.29 is 51.5 Å². The average Bonchev–Trinajstić information content (AvgIpc) is 2.89. The summed E-state index contributed by atoms with van der Waals surface area (Å²) in [5.41, 5.74) is 0.968. The van der Waals surface area contributed by atoms with Gasteiger partial charge in [-0.15, -0.1) is 0 Å². The summed E-state index contributed by atoms with van der Waals surface area (Å²) in [5.74, 6) is -0.245. The van der Waals surface area contributed by atoms with Crippen LogP contribution in [0.3, 0.4) is 0 Å². The molecule has 12 nitrogen and oxygen atoms in total. The van der Waals surface area contributed by atoms with Gasteiger partial charge in [0.25, 0.3) is 0 Å². The van der Waals surface area contributed by atoms with E-state index in [9.17, 15) is 34.4 Å². The molecule has 3 radical (unpaired) electrons. The summed E-state index contributed by atoms with van der Waals surface area (Å²) in [5, 5.41) is 0. The molecule has 0 aliphatic heterocycles. The number of benzene rings is 1. The fourth-order valence-electron chi connectivity index (χ4n) is 6.22. The molecule has 3 aliphatic rings. The van der Waals surface area contributed by atoms with Crippen molar-refractivity contribution in [2.45, 2.75) is 57.2 Å². The number of rotatable bonds is 6. The Morgan fingerprint density at radius 3 is 2.06 bits per heavy atom. The first-order chi connectivity index (χ1) is 15.1. The first-order valence-electron chi connectivity index (χ1n) is 10.2. The summed E-state index contributed by atoms with van der Waals surface area (Å²) < 4.78 is 109. The Morgan fingerprint density at radius 1 is 0.889 bits per heavy atom. The second-order valence-electron chi connectivity index (χ2n) is 9.07. The van der Waals surface area contributed by atoms with Gasteiger partial charge < -0.3 is 4.18 Å². The Hall–Kier alpha value is 1.67. The van der Waals surface area contributed by atoms with Gasteiger partial charge in [-0.25, -0.2) is 8.37 Å². The molecule has 0 spiro atoms. The van der Waals surface area contributed by atoms with E-state index in [0.29, 0.717) is 25.7 Å². The summed E-state index contributed by atoms with van der Waals surface area (Å²) in [6, 6.07) is 4.71. The van der Waals surface area contributed by atoms with Crippen LogP contribution in [0.4, 0.5) is 0 Å². The SMILES string of the molecule is C[C@]12CC[C@@H]3c4ccc(OS(=O)(=O)O)cc4CC[C@H]3[C@@H]1C[C@@H](OS(=O)(=O)O)[C@@H]2OS(=O)(=O)O.[Na].[Na].[Na]. The van der Waals surface area contributed by atoms with E-state index in [2.05, 4.69) is 4.18 Å². The second-order valence-corrected chi connectivity index (χ2v) is 12.2. The first-order valence-corrected chi connectivity index (χ1v) is 14.3. The molecule has 0 unspecified atom stereocenters. The minimum absolute atomic E-state index is 0. The third kappa shape index (κ3) is 8.12. The van der Waals surface area contributed by atoms with Crippen LogP contribution in [0.2, 0.25) is 0 Å². The molecule has 36 heavy (non-hydrogen) atoms. The zero-order valence-electron chi connectivity index (χ0n) is 20.4. The standard InChI is InChI=1S/C18H24O12S3.3Na/c1-18-7-6-13-12-5-3-11(28-31(19,20)21)8-10(12)2-4-14(13)15(18)9-16(29-32(22,23)24)17(18)30-33(25,26)27;;;/h3,5,8,13-17H,2,4,6-7,9H2,1H3,(H,19,20,21)(H,22,23,24)(H,25,26,27);;;/t13-,14-,15+,16-,17+,18+;;;/m1.../s1. The molecule has 0 bridgehead atoms. The third-order valence-corrected chi connectivity index (χ3v) is 8.63. The zero-order chi connectivity index (χ0) is 24.4. The van der Waals surface area contributed by atoms with Crippen LogP contribution in [-0.4, -0.2) is 140 Å². The Morgan fingerprint density at radius 2 is 1.50 bits per heavy atom. The van der Waals surface area contributed by atoms with Crippen LogP contribution in [0.25, 0.3) is 0 Å². The Bertz CT molecular complexity index is 1270. The van der Waals surface area contributed by atoms with E-state index in [1.54, 1.807) is 19.1 Å². The van der Waals surface area contributed by atoms with Crippen molar-refractivity contribution in [3.63, 3.8) is 0 Å². The molecule has 0 saturated heterocycles. The molecular formula is C18H24Na3O12S3. The maximum atomic E-state index is 11.5. The van der Waals surface area contributed by atoms with Gasteiger partial charge in [0.05, 0.1) is 0 Å². The van der Waals surface area contributed by atoms with Crippen LogP contribution in [-0.2, 0) is 46.0 Å². The van der Waals surface area contributed by atoms with Crippen molar-refractivity contribution in [3.05, 3.63) is 29.3 Å². The summed E-state index contributed by atoms with van der Waals surface area (Å²) >= 11 is 0. The zero-order valence-corrected chi connectivity index (χ0v) is 28.8. The summed E-state index contributed by atoms with van der Waals surface area (Å²) in [6.07, 6.45) is -0.337. The molecule has 0 heterocycles. The minimum Gasteiger partial charge on any atom is -0.362 e. The molecule has 2 saturated carbocycles. The number of fused-ring (bicyclic) bond motifs is 5. The molecule has 4 rings (SSSR count). The van der Waals surface area contributed by atoms with E-state index < -0.39 is 48.8 Å². The molecule has 3 aliphatic carbocycles. The van der Waals surface area contributed by atoms with Crippen LogP contribution in [0, 0.1) is 17.3 Å². The van der Waals surface area contributed by atoms with Gasteiger partial charge in [0.1, 0.15) is 18.0 Å². The van der Waals surface area contributed by atoms with Crippen molar-refractivity contribution in [1.29, 1.82) is 0 Å². The van der Waals surface area contributed by atoms with Crippen molar-refractivity contribution in [1.82, 2.24) is 0 Å². The summed E-state index contributed by atoms with van der Waals surface area (Å²) in [7, 11) is -14.5. The smallest absolute Gasteiger partial charge is 0.362 e.